The van der Waals surface area contributed by atoms with Crippen molar-refractivity contribution in [2.24, 2.45) is 17.6 Å². The molecular formula is C21H33N5O6. The van der Waals surface area contributed by atoms with Gasteiger partial charge in [0, 0.05) is 37.6 Å². The third kappa shape index (κ3) is 8.48. The molecule has 0 radical (unpaired) electrons. The Labute approximate surface area is 187 Å². The molecule has 0 spiro atoms. The molecular weight excluding hydrogens is 418 g/mol. The third-order valence-corrected chi connectivity index (χ3v) is 4.93. The first-order chi connectivity index (χ1) is 14.9. The van der Waals surface area contributed by atoms with E-state index in [0.29, 0.717) is 12.8 Å². The normalized spacial score (nSPS) is 15.1. The predicted molar refractivity (Wildman–Crippen MR) is 116 cm³/mol. The highest BCUT2D eigenvalue weighted by atomic mass is 16.2. The fourth-order valence-electron chi connectivity index (χ4n) is 3.11. The molecule has 0 aliphatic carbocycles. The number of imide groups is 1. The number of hydrogen-bond donors (Lipinski definition) is 4. The fraction of sp³-hybridized carbons (Fsp3) is 0.619. The lowest BCUT2D eigenvalue weighted by Gasteiger charge is -2.26. The Morgan fingerprint density at radius 2 is 1.59 bits per heavy atom. The van der Waals surface area contributed by atoms with Crippen LogP contribution < -0.4 is 21.7 Å². The number of ketones is 1. The Balaban J connectivity index is 2.71. The lowest BCUT2D eigenvalue weighted by atomic mass is 9.96. The van der Waals surface area contributed by atoms with E-state index in [9.17, 15) is 28.8 Å². The number of carbonyl (C=O) groups is 6. The van der Waals surface area contributed by atoms with Crippen LogP contribution in [0.5, 0.6) is 0 Å². The number of Topliss-reactive ketones (excluding diaryl/α,β-unsaturated/α-hetero) is 1. The van der Waals surface area contributed by atoms with Crippen molar-refractivity contribution in [3.63, 3.8) is 0 Å². The van der Waals surface area contributed by atoms with Crippen LogP contribution in [0.1, 0.15) is 47.0 Å². The first kappa shape index (κ1) is 26.8. The molecule has 0 saturated heterocycles. The summed E-state index contributed by atoms with van der Waals surface area (Å²) in [7, 11) is 0. The first-order valence-electron chi connectivity index (χ1n) is 10.6. The largest absolute Gasteiger partial charge is 0.352 e. The lowest BCUT2D eigenvalue weighted by molar-refractivity contribution is -0.137. The van der Waals surface area contributed by atoms with Crippen LogP contribution in [0, 0.1) is 11.8 Å². The van der Waals surface area contributed by atoms with E-state index in [1.165, 1.54) is 0 Å². The van der Waals surface area contributed by atoms with E-state index in [0.717, 1.165) is 17.1 Å². The molecule has 11 heteroatoms. The number of urea groups is 1. The molecule has 11 nitrogen and oxygen atoms in total. The molecule has 32 heavy (non-hydrogen) atoms. The molecule has 0 saturated carbocycles. The minimum atomic E-state index is -0.906. The second-order valence-electron chi connectivity index (χ2n) is 8.25. The number of primary amides is 1. The van der Waals surface area contributed by atoms with Crippen molar-refractivity contribution in [3.8, 4) is 0 Å². The molecule has 0 aromatic carbocycles. The summed E-state index contributed by atoms with van der Waals surface area (Å²) < 4.78 is 0. The summed E-state index contributed by atoms with van der Waals surface area (Å²) in [6, 6.07) is -2.35. The third-order valence-electron chi connectivity index (χ3n) is 4.93. The zero-order chi connectivity index (χ0) is 24.4. The van der Waals surface area contributed by atoms with Gasteiger partial charge in [-0.1, -0.05) is 27.7 Å². The summed E-state index contributed by atoms with van der Waals surface area (Å²) in [5.41, 5.74) is 5.03. The summed E-state index contributed by atoms with van der Waals surface area (Å²) in [5, 5.41) is 7.76. The Kier molecular flexibility index (Phi) is 10.5. The number of nitrogens with zero attached hydrogens (tertiary/aromatic N) is 1. The van der Waals surface area contributed by atoms with Gasteiger partial charge in [-0.2, -0.15) is 0 Å². The van der Waals surface area contributed by atoms with Gasteiger partial charge in [0.05, 0.1) is 6.04 Å². The highest BCUT2D eigenvalue weighted by Crippen LogP contribution is 2.10. The van der Waals surface area contributed by atoms with Gasteiger partial charge in [0.1, 0.15) is 6.04 Å². The maximum absolute atomic E-state index is 12.9. The smallest absolute Gasteiger partial charge is 0.312 e. The molecule has 0 fully saturated rings. The summed E-state index contributed by atoms with van der Waals surface area (Å²) >= 11 is 0. The van der Waals surface area contributed by atoms with Crippen LogP contribution in [-0.2, 0) is 24.0 Å². The molecule has 2 atom stereocenters. The summed E-state index contributed by atoms with van der Waals surface area (Å²) in [6.07, 6.45) is 2.85. The second-order valence-corrected chi connectivity index (χ2v) is 8.25. The quantitative estimate of drug-likeness (QED) is 0.219. The SMILES string of the molecule is CC(C)C(=O)[C@H](CCCNC(N)=O)NC(=O)[C@@H](NC(=O)CCN1C(=O)C=CC1=O)C(C)C. The van der Waals surface area contributed by atoms with E-state index in [1.54, 1.807) is 27.7 Å². The van der Waals surface area contributed by atoms with Crippen LogP contribution in [0.15, 0.2) is 12.2 Å². The molecule has 1 aliphatic rings. The van der Waals surface area contributed by atoms with Gasteiger partial charge in [-0.3, -0.25) is 28.9 Å². The van der Waals surface area contributed by atoms with Crippen LogP contribution in [0.3, 0.4) is 0 Å². The van der Waals surface area contributed by atoms with Crippen LogP contribution in [0.4, 0.5) is 4.79 Å². The van der Waals surface area contributed by atoms with Crippen LogP contribution in [-0.4, -0.2) is 65.5 Å². The minimum Gasteiger partial charge on any atom is -0.352 e. The average molecular weight is 452 g/mol. The van der Waals surface area contributed by atoms with E-state index in [2.05, 4.69) is 16.0 Å². The molecule has 178 valence electrons. The Morgan fingerprint density at radius 3 is 2.09 bits per heavy atom. The van der Waals surface area contributed by atoms with E-state index in [1.807, 2.05) is 0 Å². The molecule has 1 rings (SSSR count). The van der Waals surface area contributed by atoms with Crippen molar-refractivity contribution in [1.29, 1.82) is 0 Å². The summed E-state index contributed by atoms with van der Waals surface area (Å²) in [5.74, 6) is -2.73. The number of amides is 6. The van der Waals surface area contributed by atoms with Gasteiger partial charge in [0.2, 0.25) is 11.8 Å². The monoisotopic (exact) mass is 451 g/mol. The zero-order valence-electron chi connectivity index (χ0n) is 19.0. The second kappa shape index (κ2) is 12.6. The van der Waals surface area contributed by atoms with Crippen molar-refractivity contribution in [3.05, 3.63) is 12.2 Å². The van der Waals surface area contributed by atoms with Crippen molar-refractivity contribution >= 4 is 35.4 Å². The van der Waals surface area contributed by atoms with Crippen LogP contribution in [0.2, 0.25) is 0 Å². The first-order valence-corrected chi connectivity index (χ1v) is 10.6. The van der Waals surface area contributed by atoms with Crippen LogP contribution >= 0.6 is 0 Å². The molecule has 0 aromatic heterocycles. The Hall–Kier alpha value is -3.24. The summed E-state index contributed by atoms with van der Waals surface area (Å²) in [4.78, 5) is 72.7. The zero-order valence-corrected chi connectivity index (χ0v) is 19.0. The Bertz CT molecular complexity index is 759. The van der Waals surface area contributed by atoms with E-state index in [4.69, 9.17) is 5.73 Å². The van der Waals surface area contributed by atoms with Crippen molar-refractivity contribution in [2.75, 3.05) is 13.1 Å². The lowest BCUT2D eigenvalue weighted by Crippen LogP contribution is -2.54. The van der Waals surface area contributed by atoms with Gasteiger partial charge in [0.15, 0.2) is 5.78 Å². The number of nitrogens with one attached hydrogen (secondary N) is 3. The average Bonchev–Trinajstić information content (AvgIpc) is 3.03. The summed E-state index contributed by atoms with van der Waals surface area (Å²) in [6.45, 7) is 7.11. The molecule has 6 amide bonds. The molecule has 1 aliphatic heterocycles. The molecule has 1 heterocycles. The predicted octanol–water partition coefficient (Wildman–Crippen LogP) is -0.399. The van der Waals surface area contributed by atoms with Crippen molar-refractivity contribution < 1.29 is 28.8 Å². The molecule has 0 aromatic rings. The van der Waals surface area contributed by atoms with E-state index in [-0.39, 0.29) is 37.1 Å². The van der Waals surface area contributed by atoms with E-state index < -0.39 is 41.7 Å². The number of hydrogen-bond acceptors (Lipinski definition) is 6. The van der Waals surface area contributed by atoms with Gasteiger partial charge in [0.25, 0.3) is 11.8 Å². The van der Waals surface area contributed by atoms with Gasteiger partial charge >= 0.3 is 6.03 Å². The minimum absolute atomic E-state index is 0.0930. The standard InChI is InChI=1S/C21H33N5O6/c1-12(2)18(25-15(27)9-11-26-16(28)7-8-17(26)29)20(31)24-14(19(30)13(3)4)6-5-10-23-21(22)32/h7-8,12-14,18H,5-6,9-11H2,1-4H3,(H,24,31)(H,25,27)(H3,22,23,32)/t14-,18-/m0/s1. The Morgan fingerprint density at radius 1 is 1.00 bits per heavy atom. The molecule has 0 bridgehead atoms. The van der Waals surface area contributed by atoms with Crippen molar-refractivity contribution in [2.45, 2.75) is 59.0 Å². The number of nitrogens with two attached hydrogens (primary N) is 1. The topological polar surface area (TPSA) is 168 Å². The highest BCUT2D eigenvalue weighted by Gasteiger charge is 2.30. The van der Waals surface area contributed by atoms with Gasteiger partial charge in [-0.15, -0.1) is 0 Å². The van der Waals surface area contributed by atoms with Gasteiger partial charge < -0.3 is 21.7 Å². The van der Waals surface area contributed by atoms with Crippen molar-refractivity contribution in [1.82, 2.24) is 20.9 Å². The number of carbonyl (C=O) groups excluding carboxylic acids is 6. The maximum atomic E-state index is 12.9. The fourth-order valence-corrected chi connectivity index (χ4v) is 3.11. The number of rotatable bonds is 13. The highest BCUT2D eigenvalue weighted by molar-refractivity contribution is 6.13. The maximum Gasteiger partial charge on any atom is 0.312 e. The van der Waals surface area contributed by atoms with Gasteiger partial charge in [-0.05, 0) is 18.8 Å². The molecule has 5 N–H and O–H groups in total. The molecule has 0 unspecified atom stereocenters. The van der Waals surface area contributed by atoms with E-state index >= 15 is 0 Å². The van der Waals surface area contributed by atoms with Crippen LogP contribution in [0.25, 0.3) is 0 Å². The van der Waals surface area contributed by atoms with Gasteiger partial charge in [-0.25, -0.2) is 4.79 Å².